The second-order valence-corrected chi connectivity index (χ2v) is 5.66. The average Bonchev–Trinajstić information content (AvgIpc) is 2.57. The molecule has 1 aromatic heterocycles. The van der Waals surface area contributed by atoms with Crippen LogP contribution in [0.3, 0.4) is 0 Å². The first-order valence-electron chi connectivity index (χ1n) is 7.33. The summed E-state index contributed by atoms with van der Waals surface area (Å²) in [6.07, 6.45) is 0. The molecule has 0 fully saturated rings. The van der Waals surface area contributed by atoms with Crippen LogP contribution in [0.4, 0.5) is 0 Å². The van der Waals surface area contributed by atoms with Crippen molar-refractivity contribution in [3.8, 4) is 11.4 Å². The van der Waals surface area contributed by atoms with Gasteiger partial charge in [0.05, 0.1) is 17.4 Å². The molecule has 0 N–H and O–H groups in total. The predicted octanol–water partition coefficient (Wildman–Crippen LogP) is 3.58. The number of rotatable bonds is 0. The van der Waals surface area contributed by atoms with Gasteiger partial charge in [-0.2, -0.15) is 0 Å². The number of nitrogens with zero attached hydrogens (tertiary/aromatic N) is 2. The van der Waals surface area contributed by atoms with Crippen molar-refractivity contribution in [2.45, 2.75) is 6.54 Å². The molecule has 0 spiro atoms. The van der Waals surface area contributed by atoms with Crippen LogP contribution in [-0.2, 0) is 6.54 Å². The number of hydrogen-bond donors (Lipinski definition) is 0. The molecule has 1 aliphatic rings. The Morgan fingerprint density at radius 1 is 0.909 bits per heavy atom. The van der Waals surface area contributed by atoms with Gasteiger partial charge in [-0.05, 0) is 28.5 Å². The number of fused-ring (bicyclic) bond motifs is 3. The Morgan fingerprint density at radius 3 is 2.64 bits per heavy atom. The minimum atomic E-state index is 0.0344. The highest BCUT2D eigenvalue weighted by molar-refractivity contribution is 5.99. The Bertz CT molecular complexity index is 1120. The summed E-state index contributed by atoms with van der Waals surface area (Å²) in [5, 5.41) is 3.09. The average molecular weight is 284 g/mol. The molecular formula is C19H12N2O. The van der Waals surface area contributed by atoms with Crippen molar-refractivity contribution in [2.75, 3.05) is 0 Å². The number of benzene rings is 3. The van der Waals surface area contributed by atoms with Crippen LogP contribution in [-0.4, -0.2) is 9.55 Å². The summed E-state index contributed by atoms with van der Waals surface area (Å²) in [6, 6.07) is 20.0. The molecule has 0 unspecified atom stereocenters. The van der Waals surface area contributed by atoms with Crippen molar-refractivity contribution in [2.24, 2.45) is 0 Å². The molecule has 1 aliphatic heterocycles. The number of para-hydroxylation sites is 1. The molecule has 2 heterocycles. The van der Waals surface area contributed by atoms with Crippen LogP contribution in [0.5, 0.6) is 0 Å². The van der Waals surface area contributed by atoms with Gasteiger partial charge in [0.15, 0.2) is 0 Å². The largest absolute Gasteiger partial charge is 0.288 e. The summed E-state index contributed by atoms with van der Waals surface area (Å²) in [5.74, 6) is 0.771. The quantitative estimate of drug-likeness (QED) is 0.435. The third-order valence-corrected chi connectivity index (χ3v) is 4.42. The fourth-order valence-electron chi connectivity index (χ4n) is 3.43. The van der Waals surface area contributed by atoms with E-state index in [1.807, 2.05) is 36.4 Å². The van der Waals surface area contributed by atoms with E-state index < -0.39 is 0 Å². The summed E-state index contributed by atoms with van der Waals surface area (Å²) in [7, 11) is 0. The second-order valence-electron chi connectivity index (χ2n) is 5.66. The van der Waals surface area contributed by atoms with E-state index in [-0.39, 0.29) is 5.56 Å². The zero-order valence-electron chi connectivity index (χ0n) is 11.8. The SMILES string of the molecule is O=c1c2ccccc2nc2n1Cc1cccc3cccc-2c13. The van der Waals surface area contributed by atoms with Gasteiger partial charge in [-0.15, -0.1) is 0 Å². The molecule has 0 aliphatic carbocycles. The standard InChI is InChI=1S/C19H12N2O/c22-19-14-8-1-2-10-16(14)20-18-15-9-4-6-12-5-3-7-13(17(12)15)11-21(18)19/h1-10H,11H2. The van der Waals surface area contributed by atoms with Gasteiger partial charge < -0.3 is 0 Å². The molecule has 104 valence electrons. The Kier molecular flexibility index (Phi) is 2.15. The maximum atomic E-state index is 12.8. The predicted molar refractivity (Wildman–Crippen MR) is 88.0 cm³/mol. The summed E-state index contributed by atoms with van der Waals surface area (Å²) in [6.45, 7) is 0.584. The first-order valence-corrected chi connectivity index (χ1v) is 7.33. The molecule has 0 radical (unpaired) electrons. The van der Waals surface area contributed by atoms with Gasteiger partial charge in [-0.3, -0.25) is 9.36 Å². The molecule has 0 atom stereocenters. The molecule has 4 aromatic rings. The van der Waals surface area contributed by atoms with E-state index in [1.165, 1.54) is 16.3 Å². The fourth-order valence-corrected chi connectivity index (χ4v) is 3.43. The van der Waals surface area contributed by atoms with E-state index in [0.717, 1.165) is 16.9 Å². The highest BCUT2D eigenvalue weighted by atomic mass is 16.1. The molecule has 3 aromatic carbocycles. The normalized spacial score (nSPS) is 12.5. The zero-order chi connectivity index (χ0) is 14.7. The molecule has 3 nitrogen and oxygen atoms in total. The van der Waals surface area contributed by atoms with Crippen LogP contribution in [0.2, 0.25) is 0 Å². The molecule has 0 saturated heterocycles. The minimum Gasteiger partial charge on any atom is -0.288 e. The minimum absolute atomic E-state index is 0.0344. The van der Waals surface area contributed by atoms with Crippen LogP contribution < -0.4 is 5.56 Å². The molecule has 0 saturated carbocycles. The highest BCUT2D eigenvalue weighted by Crippen LogP contribution is 2.34. The fraction of sp³-hybridized carbons (Fsp3) is 0.0526. The van der Waals surface area contributed by atoms with E-state index >= 15 is 0 Å². The van der Waals surface area contributed by atoms with Crippen LogP contribution in [0.15, 0.2) is 65.5 Å². The monoisotopic (exact) mass is 284 g/mol. The van der Waals surface area contributed by atoms with Crippen molar-refractivity contribution in [1.29, 1.82) is 0 Å². The third kappa shape index (κ3) is 1.40. The lowest BCUT2D eigenvalue weighted by Gasteiger charge is -2.22. The maximum Gasteiger partial charge on any atom is 0.261 e. The van der Waals surface area contributed by atoms with Gasteiger partial charge in [0.1, 0.15) is 5.82 Å². The summed E-state index contributed by atoms with van der Waals surface area (Å²) < 4.78 is 1.79. The molecule has 22 heavy (non-hydrogen) atoms. The van der Waals surface area contributed by atoms with Crippen molar-refractivity contribution in [3.05, 3.63) is 76.6 Å². The van der Waals surface area contributed by atoms with Crippen molar-refractivity contribution < 1.29 is 0 Å². The molecule has 3 heteroatoms. The second kappa shape index (κ2) is 4.04. The van der Waals surface area contributed by atoms with Crippen LogP contribution in [0, 0.1) is 0 Å². The Hall–Kier alpha value is -2.94. The summed E-state index contributed by atoms with van der Waals surface area (Å²) in [4.78, 5) is 17.6. The van der Waals surface area contributed by atoms with E-state index in [9.17, 15) is 4.79 Å². The number of hydrogen-bond acceptors (Lipinski definition) is 2. The topological polar surface area (TPSA) is 34.9 Å². The number of aromatic nitrogens is 2. The van der Waals surface area contributed by atoms with Crippen molar-refractivity contribution >= 4 is 21.7 Å². The lowest BCUT2D eigenvalue weighted by atomic mass is 9.95. The van der Waals surface area contributed by atoms with Gasteiger partial charge in [0.25, 0.3) is 5.56 Å². The van der Waals surface area contributed by atoms with Gasteiger partial charge in [-0.25, -0.2) is 4.98 Å². The van der Waals surface area contributed by atoms with E-state index in [4.69, 9.17) is 4.98 Å². The van der Waals surface area contributed by atoms with E-state index in [0.29, 0.717) is 11.9 Å². The van der Waals surface area contributed by atoms with Gasteiger partial charge >= 0.3 is 0 Å². The highest BCUT2D eigenvalue weighted by Gasteiger charge is 2.21. The van der Waals surface area contributed by atoms with E-state index in [2.05, 4.69) is 24.3 Å². The van der Waals surface area contributed by atoms with Crippen LogP contribution in [0.1, 0.15) is 5.56 Å². The zero-order valence-corrected chi connectivity index (χ0v) is 11.8. The first-order chi connectivity index (χ1) is 10.8. The molecular weight excluding hydrogens is 272 g/mol. The van der Waals surface area contributed by atoms with Crippen LogP contribution in [0.25, 0.3) is 33.1 Å². The Balaban J connectivity index is 2.01. The van der Waals surface area contributed by atoms with Crippen molar-refractivity contribution in [3.63, 3.8) is 0 Å². The smallest absolute Gasteiger partial charge is 0.261 e. The van der Waals surface area contributed by atoms with Crippen LogP contribution >= 0.6 is 0 Å². The molecule has 0 amide bonds. The summed E-state index contributed by atoms with van der Waals surface area (Å²) in [5.41, 5.74) is 3.02. The lowest BCUT2D eigenvalue weighted by molar-refractivity contribution is 0.756. The third-order valence-electron chi connectivity index (χ3n) is 4.42. The lowest BCUT2D eigenvalue weighted by Crippen LogP contribution is -2.26. The Labute approximate surface area is 126 Å². The van der Waals surface area contributed by atoms with Gasteiger partial charge in [0, 0.05) is 5.56 Å². The first kappa shape index (κ1) is 11.7. The van der Waals surface area contributed by atoms with Gasteiger partial charge in [-0.1, -0.05) is 48.5 Å². The summed E-state index contributed by atoms with van der Waals surface area (Å²) >= 11 is 0. The maximum absolute atomic E-state index is 12.8. The Morgan fingerprint density at radius 2 is 1.73 bits per heavy atom. The molecule has 0 bridgehead atoms. The van der Waals surface area contributed by atoms with Crippen molar-refractivity contribution in [1.82, 2.24) is 9.55 Å². The van der Waals surface area contributed by atoms with E-state index in [1.54, 1.807) is 4.57 Å². The molecule has 5 rings (SSSR count). The van der Waals surface area contributed by atoms with Gasteiger partial charge in [0.2, 0.25) is 0 Å².